The van der Waals surface area contributed by atoms with Crippen molar-refractivity contribution in [2.75, 3.05) is 0 Å². The number of fused-ring (bicyclic) bond motifs is 1. The maximum atomic E-state index is 11.9. The lowest BCUT2D eigenvalue weighted by Crippen LogP contribution is -2.25. The zero-order valence-electron chi connectivity index (χ0n) is 10.1. The minimum absolute atomic E-state index is 0.227. The summed E-state index contributed by atoms with van der Waals surface area (Å²) < 4.78 is 10.1. The van der Waals surface area contributed by atoms with Crippen LogP contribution in [0.5, 0.6) is 0 Å². The number of carbonyl (C=O) groups is 2. The Labute approximate surface area is 99.5 Å². The minimum atomic E-state index is -0.581. The largest absolute Gasteiger partial charge is 0.457 e. The Hall–Kier alpha value is -1.84. The van der Waals surface area contributed by atoms with Crippen LogP contribution in [-0.4, -0.2) is 17.5 Å². The van der Waals surface area contributed by atoms with E-state index in [-0.39, 0.29) is 12.2 Å². The molecule has 0 amide bonds. The molecule has 90 valence electrons. The molecule has 4 heteroatoms. The van der Waals surface area contributed by atoms with Gasteiger partial charge in [0.05, 0.1) is 11.1 Å². The minimum Gasteiger partial charge on any atom is -0.457 e. The highest BCUT2D eigenvalue weighted by atomic mass is 16.6. The summed E-state index contributed by atoms with van der Waals surface area (Å²) in [6.45, 7) is 5.58. The van der Waals surface area contributed by atoms with Gasteiger partial charge in [-0.05, 0) is 26.8 Å². The summed E-state index contributed by atoms with van der Waals surface area (Å²) in [6.07, 6.45) is 0. The van der Waals surface area contributed by atoms with Gasteiger partial charge in [-0.3, -0.25) is 0 Å². The average Bonchev–Trinajstić information content (AvgIpc) is 2.58. The number of esters is 2. The van der Waals surface area contributed by atoms with Crippen molar-refractivity contribution < 1.29 is 19.1 Å². The lowest BCUT2D eigenvalue weighted by atomic mass is 10.0. The quantitative estimate of drug-likeness (QED) is 0.700. The second-order valence-electron chi connectivity index (χ2n) is 4.92. The van der Waals surface area contributed by atoms with Crippen LogP contribution >= 0.6 is 0 Å². The van der Waals surface area contributed by atoms with E-state index in [9.17, 15) is 9.59 Å². The van der Waals surface area contributed by atoms with Crippen LogP contribution < -0.4 is 0 Å². The lowest BCUT2D eigenvalue weighted by molar-refractivity contribution is 0.00660. The average molecular weight is 234 g/mol. The van der Waals surface area contributed by atoms with Gasteiger partial charge in [0.1, 0.15) is 12.2 Å². The molecule has 0 N–H and O–H groups in total. The first-order valence-electron chi connectivity index (χ1n) is 5.41. The molecule has 2 rings (SSSR count). The molecule has 1 aliphatic rings. The van der Waals surface area contributed by atoms with Crippen LogP contribution in [0.3, 0.4) is 0 Å². The lowest BCUT2D eigenvalue weighted by Gasteiger charge is -2.19. The molecule has 0 saturated carbocycles. The van der Waals surface area contributed by atoms with Gasteiger partial charge >= 0.3 is 11.9 Å². The van der Waals surface area contributed by atoms with E-state index in [1.807, 2.05) is 0 Å². The third kappa shape index (κ3) is 2.30. The number of cyclic esters (lactones) is 1. The van der Waals surface area contributed by atoms with Gasteiger partial charge in [-0.15, -0.1) is 0 Å². The van der Waals surface area contributed by atoms with Gasteiger partial charge in [0, 0.05) is 5.56 Å². The zero-order chi connectivity index (χ0) is 12.6. The highest BCUT2D eigenvalue weighted by Crippen LogP contribution is 2.25. The van der Waals surface area contributed by atoms with Crippen molar-refractivity contribution in [1.29, 1.82) is 0 Å². The maximum Gasteiger partial charge on any atom is 0.339 e. The van der Waals surface area contributed by atoms with Crippen molar-refractivity contribution >= 4 is 11.9 Å². The molecule has 0 saturated heterocycles. The first-order chi connectivity index (χ1) is 7.88. The molecule has 0 bridgehead atoms. The highest BCUT2D eigenvalue weighted by molar-refractivity contribution is 6.05. The molecular weight excluding hydrogens is 220 g/mol. The molecule has 17 heavy (non-hydrogen) atoms. The van der Waals surface area contributed by atoms with Crippen molar-refractivity contribution in [1.82, 2.24) is 0 Å². The van der Waals surface area contributed by atoms with Gasteiger partial charge in [0.2, 0.25) is 0 Å². The van der Waals surface area contributed by atoms with E-state index in [4.69, 9.17) is 9.47 Å². The van der Waals surface area contributed by atoms with Crippen LogP contribution in [0.2, 0.25) is 0 Å². The first-order valence-corrected chi connectivity index (χ1v) is 5.41. The fourth-order valence-electron chi connectivity index (χ4n) is 1.68. The Bertz CT molecular complexity index is 483. The molecule has 0 aliphatic carbocycles. The molecule has 0 atom stereocenters. The van der Waals surface area contributed by atoms with Crippen molar-refractivity contribution in [2.24, 2.45) is 0 Å². The fraction of sp³-hybridized carbons (Fsp3) is 0.385. The molecular formula is C13H14O4. The van der Waals surface area contributed by atoms with Crippen molar-refractivity contribution in [3.8, 4) is 0 Å². The number of rotatable bonds is 1. The van der Waals surface area contributed by atoms with E-state index in [0.717, 1.165) is 5.56 Å². The van der Waals surface area contributed by atoms with E-state index in [1.54, 1.807) is 39.0 Å². The Balaban J connectivity index is 2.38. The fourth-order valence-corrected chi connectivity index (χ4v) is 1.68. The summed E-state index contributed by atoms with van der Waals surface area (Å²) >= 11 is 0. The molecule has 1 aromatic rings. The topological polar surface area (TPSA) is 52.6 Å². The molecule has 1 aliphatic heterocycles. The summed E-state index contributed by atoms with van der Waals surface area (Å²) in [5, 5.41) is 0. The third-order valence-electron chi connectivity index (χ3n) is 2.33. The summed E-state index contributed by atoms with van der Waals surface area (Å²) in [7, 11) is 0. The van der Waals surface area contributed by atoms with Crippen LogP contribution in [0.25, 0.3) is 0 Å². The van der Waals surface area contributed by atoms with Crippen LogP contribution in [0.4, 0.5) is 0 Å². The molecule has 0 unspecified atom stereocenters. The van der Waals surface area contributed by atoms with Crippen LogP contribution in [0, 0.1) is 0 Å². The number of carbonyl (C=O) groups excluding carboxylic acids is 2. The Kier molecular flexibility index (Phi) is 2.65. The predicted octanol–water partition coefficient (Wildman–Crippen LogP) is 2.31. The maximum absolute atomic E-state index is 11.9. The monoisotopic (exact) mass is 234 g/mol. The zero-order valence-corrected chi connectivity index (χ0v) is 10.1. The van der Waals surface area contributed by atoms with Gasteiger partial charge in [0.15, 0.2) is 0 Å². The van der Waals surface area contributed by atoms with Gasteiger partial charge in [-0.1, -0.05) is 12.1 Å². The van der Waals surface area contributed by atoms with Crippen molar-refractivity contribution in [2.45, 2.75) is 33.0 Å². The standard InChI is InChI=1S/C13H14O4/c1-13(2,3)17-11(14)9-6-4-5-8-7-16-12(15)10(8)9/h4-6H,7H2,1-3H3. The smallest absolute Gasteiger partial charge is 0.339 e. The van der Waals surface area contributed by atoms with E-state index in [2.05, 4.69) is 0 Å². The third-order valence-corrected chi connectivity index (χ3v) is 2.33. The summed E-state index contributed by atoms with van der Waals surface area (Å²) in [6, 6.07) is 5.08. The van der Waals surface area contributed by atoms with Crippen LogP contribution in [-0.2, 0) is 16.1 Å². The molecule has 1 aromatic carbocycles. The van der Waals surface area contributed by atoms with Crippen molar-refractivity contribution in [3.05, 3.63) is 34.9 Å². The Morgan fingerprint density at radius 3 is 2.71 bits per heavy atom. The van der Waals surface area contributed by atoms with Crippen LogP contribution in [0.1, 0.15) is 47.1 Å². The molecule has 1 heterocycles. The molecule has 0 spiro atoms. The van der Waals surface area contributed by atoms with E-state index < -0.39 is 17.5 Å². The predicted molar refractivity (Wildman–Crippen MR) is 60.7 cm³/mol. The second-order valence-corrected chi connectivity index (χ2v) is 4.92. The van der Waals surface area contributed by atoms with E-state index in [0.29, 0.717) is 5.56 Å². The summed E-state index contributed by atoms with van der Waals surface area (Å²) in [5.74, 6) is -0.949. The molecule has 0 radical (unpaired) electrons. The van der Waals surface area contributed by atoms with E-state index in [1.165, 1.54) is 0 Å². The summed E-state index contributed by atoms with van der Waals surface area (Å²) in [5.41, 5.74) is 0.766. The Morgan fingerprint density at radius 2 is 2.06 bits per heavy atom. The van der Waals surface area contributed by atoms with Crippen LogP contribution in [0.15, 0.2) is 18.2 Å². The van der Waals surface area contributed by atoms with E-state index >= 15 is 0 Å². The number of hydrogen-bond donors (Lipinski definition) is 0. The molecule has 4 nitrogen and oxygen atoms in total. The first kappa shape index (κ1) is 11.6. The molecule has 0 aromatic heterocycles. The Morgan fingerprint density at radius 1 is 1.35 bits per heavy atom. The normalized spacial score (nSPS) is 14.2. The number of hydrogen-bond acceptors (Lipinski definition) is 4. The van der Waals surface area contributed by atoms with Gasteiger partial charge in [-0.25, -0.2) is 9.59 Å². The van der Waals surface area contributed by atoms with Gasteiger partial charge in [0.25, 0.3) is 0 Å². The number of ether oxygens (including phenoxy) is 2. The van der Waals surface area contributed by atoms with Gasteiger partial charge < -0.3 is 9.47 Å². The highest BCUT2D eigenvalue weighted by Gasteiger charge is 2.29. The number of benzene rings is 1. The second kappa shape index (κ2) is 3.87. The SMILES string of the molecule is CC(C)(C)OC(=O)c1cccc2c1C(=O)OC2. The summed E-state index contributed by atoms with van der Waals surface area (Å²) in [4.78, 5) is 23.5. The van der Waals surface area contributed by atoms with Crippen molar-refractivity contribution in [3.63, 3.8) is 0 Å². The molecule has 0 fully saturated rings. The van der Waals surface area contributed by atoms with Gasteiger partial charge in [-0.2, -0.15) is 0 Å².